The first-order chi connectivity index (χ1) is 7.70. The number of aromatic nitrogens is 4. The Hall–Kier alpha value is -1.91. The fourth-order valence-corrected chi connectivity index (χ4v) is 1.37. The van der Waals surface area contributed by atoms with E-state index in [0.717, 1.165) is 0 Å². The molecule has 82 valence electrons. The van der Waals surface area contributed by atoms with Crippen LogP contribution in [0.2, 0.25) is 0 Å². The van der Waals surface area contributed by atoms with Gasteiger partial charge in [-0.15, -0.1) is 0 Å². The standard InChI is InChI=1S/C11H11FN4/c1-3-9-14-7(2)15-11(16-9)8-5-4-6-13-10(8)12/h4-6H,3H2,1-2H3. The van der Waals surface area contributed by atoms with E-state index in [0.29, 0.717) is 29.5 Å². The third kappa shape index (κ3) is 2.03. The van der Waals surface area contributed by atoms with Gasteiger partial charge in [0.05, 0.1) is 5.56 Å². The molecule has 16 heavy (non-hydrogen) atoms. The van der Waals surface area contributed by atoms with Gasteiger partial charge >= 0.3 is 0 Å². The number of hydrogen-bond acceptors (Lipinski definition) is 4. The van der Waals surface area contributed by atoms with Crippen LogP contribution in [0, 0.1) is 12.9 Å². The van der Waals surface area contributed by atoms with Gasteiger partial charge in [0, 0.05) is 12.6 Å². The lowest BCUT2D eigenvalue weighted by molar-refractivity contribution is 0.586. The second-order valence-electron chi connectivity index (χ2n) is 3.32. The summed E-state index contributed by atoms with van der Waals surface area (Å²) in [6.07, 6.45) is 2.09. The molecule has 0 fully saturated rings. The molecule has 0 spiro atoms. The molecule has 0 atom stereocenters. The maximum absolute atomic E-state index is 13.4. The van der Waals surface area contributed by atoms with Crippen molar-refractivity contribution in [1.82, 2.24) is 19.9 Å². The van der Waals surface area contributed by atoms with Gasteiger partial charge in [-0.25, -0.2) is 19.9 Å². The van der Waals surface area contributed by atoms with E-state index in [1.165, 1.54) is 6.20 Å². The normalized spacial score (nSPS) is 10.4. The van der Waals surface area contributed by atoms with Crippen molar-refractivity contribution >= 4 is 0 Å². The average molecular weight is 218 g/mol. The molecule has 0 amide bonds. The Kier molecular flexibility index (Phi) is 2.85. The number of aryl methyl sites for hydroxylation is 2. The Morgan fingerprint density at radius 3 is 2.75 bits per heavy atom. The van der Waals surface area contributed by atoms with Gasteiger partial charge in [-0.1, -0.05) is 6.92 Å². The maximum Gasteiger partial charge on any atom is 0.223 e. The van der Waals surface area contributed by atoms with Gasteiger partial charge in [0.1, 0.15) is 11.6 Å². The van der Waals surface area contributed by atoms with Gasteiger partial charge in [-0.3, -0.25) is 0 Å². The molecule has 0 aliphatic heterocycles. The third-order valence-electron chi connectivity index (χ3n) is 2.11. The molecule has 0 bridgehead atoms. The van der Waals surface area contributed by atoms with E-state index in [9.17, 15) is 4.39 Å². The van der Waals surface area contributed by atoms with Crippen molar-refractivity contribution < 1.29 is 4.39 Å². The first-order valence-corrected chi connectivity index (χ1v) is 5.03. The first-order valence-electron chi connectivity index (χ1n) is 5.03. The second kappa shape index (κ2) is 4.30. The van der Waals surface area contributed by atoms with Gasteiger partial charge in [-0.05, 0) is 19.1 Å². The van der Waals surface area contributed by atoms with Crippen LogP contribution in [0.5, 0.6) is 0 Å². The minimum atomic E-state index is -0.560. The minimum Gasteiger partial charge on any atom is -0.228 e. The lowest BCUT2D eigenvalue weighted by Crippen LogP contribution is -2.03. The zero-order chi connectivity index (χ0) is 11.5. The SMILES string of the molecule is CCc1nc(C)nc(-c2cccnc2F)n1. The monoisotopic (exact) mass is 218 g/mol. The van der Waals surface area contributed by atoms with Crippen LogP contribution in [0.1, 0.15) is 18.6 Å². The number of halogens is 1. The Bertz CT molecular complexity index is 513. The average Bonchev–Trinajstić information content (AvgIpc) is 2.28. The third-order valence-corrected chi connectivity index (χ3v) is 2.11. The lowest BCUT2D eigenvalue weighted by Gasteiger charge is -2.03. The number of nitrogens with zero attached hydrogens (tertiary/aromatic N) is 4. The molecule has 0 saturated heterocycles. The Morgan fingerprint density at radius 1 is 1.25 bits per heavy atom. The van der Waals surface area contributed by atoms with E-state index in [-0.39, 0.29) is 0 Å². The summed E-state index contributed by atoms with van der Waals surface area (Å²) in [5.74, 6) is 1.03. The molecule has 0 unspecified atom stereocenters. The highest BCUT2D eigenvalue weighted by molar-refractivity contribution is 5.53. The molecular formula is C11H11FN4. The summed E-state index contributed by atoms with van der Waals surface area (Å²) in [5.41, 5.74) is 0.308. The van der Waals surface area contributed by atoms with Crippen molar-refractivity contribution in [2.45, 2.75) is 20.3 Å². The highest BCUT2D eigenvalue weighted by atomic mass is 19.1. The highest BCUT2D eigenvalue weighted by Gasteiger charge is 2.10. The topological polar surface area (TPSA) is 51.6 Å². The molecule has 2 aromatic heterocycles. The van der Waals surface area contributed by atoms with Crippen LogP contribution in [0.3, 0.4) is 0 Å². The van der Waals surface area contributed by atoms with E-state index in [1.54, 1.807) is 19.1 Å². The maximum atomic E-state index is 13.4. The smallest absolute Gasteiger partial charge is 0.223 e. The van der Waals surface area contributed by atoms with Crippen molar-refractivity contribution in [3.63, 3.8) is 0 Å². The van der Waals surface area contributed by atoms with E-state index in [2.05, 4.69) is 19.9 Å². The van der Waals surface area contributed by atoms with Gasteiger partial charge in [-0.2, -0.15) is 4.39 Å². The van der Waals surface area contributed by atoms with Crippen LogP contribution in [0.15, 0.2) is 18.3 Å². The number of pyridine rings is 1. The Labute approximate surface area is 92.6 Å². The highest BCUT2D eigenvalue weighted by Crippen LogP contribution is 2.16. The van der Waals surface area contributed by atoms with Crippen molar-refractivity contribution in [1.29, 1.82) is 0 Å². The van der Waals surface area contributed by atoms with Crippen molar-refractivity contribution in [2.75, 3.05) is 0 Å². The van der Waals surface area contributed by atoms with Crippen molar-refractivity contribution in [3.8, 4) is 11.4 Å². The summed E-state index contributed by atoms with van der Waals surface area (Å²) in [5, 5.41) is 0. The molecular weight excluding hydrogens is 207 g/mol. The van der Waals surface area contributed by atoms with Gasteiger partial charge in [0.25, 0.3) is 0 Å². The first kappa shape index (κ1) is 10.6. The van der Waals surface area contributed by atoms with Crippen molar-refractivity contribution in [3.05, 3.63) is 35.9 Å². The quantitative estimate of drug-likeness (QED) is 0.723. The Morgan fingerprint density at radius 2 is 2.06 bits per heavy atom. The Balaban J connectivity index is 2.56. The summed E-state index contributed by atoms with van der Waals surface area (Å²) in [7, 11) is 0. The molecule has 4 nitrogen and oxygen atoms in total. The lowest BCUT2D eigenvalue weighted by atomic mass is 10.2. The van der Waals surface area contributed by atoms with E-state index >= 15 is 0 Å². The van der Waals surface area contributed by atoms with Crippen LogP contribution in [-0.4, -0.2) is 19.9 Å². The summed E-state index contributed by atoms with van der Waals surface area (Å²) < 4.78 is 13.4. The van der Waals surface area contributed by atoms with Crippen LogP contribution < -0.4 is 0 Å². The zero-order valence-corrected chi connectivity index (χ0v) is 9.11. The van der Waals surface area contributed by atoms with E-state index in [1.807, 2.05) is 6.92 Å². The largest absolute Gasteiger partial charge is 0.228 e. The van der Waals surface area contributed by atoms with Crippen LogP contribution in [-0.2, 0) is 6.42 Å². The minimum absolute atomic E-state index is 0.308. The van der Waals surface area contributed by atoms with Crippen LogP contribution in [0.25, 0.3) is 11.4 Å². The predicted molar refractivity (Wildman–Crippen MR) is 57.1 cm³/mol. The number of hydrogen-bond donors (Lipinski definition) is 0. The molecule has 0 N–H and O–H groups in total. The van der Waals surface area contributed by atoms with Crippen molar-refractivity contribution in [2.24, 2.45) is 0 Å². The molecule has 2 heterocycles. The molecule has 2 rings (SSSR count). The molecule has 0 aliphatic carbocycles. The molecule has 0 aromatic carbocycles. The number of rotatable bonds is 2. The van der Waals surface area contributed by atoms with Gasteiger partial charge < -0.3 is 0 Å². The van der Waals surface area contributed by atoms with Gasteiger partial charge in [0.15, 0.2) is 5.82 Å². The van der Waals surface area contributed by atoms with Gasteiger partial charge in [0.2, 0.25) is 5.95 Å². The summed E-state index contributed by atoms with van der Waals surface area (Å²) in [6, 6.07) is 3.26. The fraction of sp³-hybridized carbons (Fsp3) is 0.273. The predicted octanol–water partition coefficient (Wildman–Crippen LogP) is 1.94. The van der Waals surface area contributed by atoms with Crippen LogP contribution in [0.4, 0.5) is 4.39 Å². The molecule has 0 saturated carbocycles. The van der Waals surface area contributed by atoms with Crippen LogP contribution >= 0.6 is 0 Å². The zero-order valence-electron chi connectivity index (χ0n) is 9.11. The molecule has 0 aliphatic rings. The van der Waals surface area contributed by atoms with E-state index in [4.69, 9.17) is 0 Å². The molecule has 2 aromatic rings. The fourth-order valence-electron chi connectivity index (χ4n) is 1.37. The molecule has 0 radical (unpaired) electrons. The summed E-state index contributed by atoms with van der Waals surface area (Å²) >= 11 is 0. The second-order valence-corrected chi connectivity index (χ2v) is 3.32. The molecule has 5 heteroatoms. The summed E-state index contributed by atoms with van der Waals surface area (Å²) in [6.45, 7) is 3.71. The van der Waals surface area contributed by atoms with E-state index < -0.39 is 5.95 Å². The summed E-state index contributed by atoms with van der Waals surface area (Å²) in [4.78, 5) is 16.0.